The molecule has 4 rings (SSSR count). The second-order valence-corrected chi connectivity index (χ2v) is 7.31. The Bertz CT molecular complexity index is 1100. The highest BCUT2D eigenvalue weighted by molar-refractivity contribution is 6.39. The van der Waals surface area contributed by atoms with Gasteiger partial charge in [-0.3, -0.25) is 9.69 Å². The van der Waals surface area contributed by atoms with E-state index in [0.29, 0.717) is 16.6 Å². The molecule has 0 spiro atoms. The molecule has 0 saturated heterocycles. The lowest BCUT2D eigenvalue weighted by molar-refractivity contribution is -0.113. The minimum absolute atomic E-state index is 0.178. The second kappa shape index (κ2) is 7.94. The molecule has 1 heterocycles. The number of hydrogen-bond acceptors (Lipinski definition) is 3. The van der Waals surface area contributed by atoms with Gasteiger partial charge in [0.05, 0.1) is 10.7 Å². The summed E-state index contributed by atoms with van der Waals surface area (Å²) in [6.07, 6.45) is 1.81. The number of carbonyl (C=O) groups excluding carboxylic acids is 1. The molecule has 1 amide bonds. The van der Waals surface area contributed by atoms with Crippen molar-refractivity contribution in [3.63, 3.8) is 0 Å². The Morgan fingerprint density at radius 1 is 0.897 bits per heavy atom. The Morgan fingerprint density at radius 3 is 2.21 bits per heavy atom. The summed E-state index contributed by atoms with van der Waals surface area (Å²) in [5.74, 6) is 0.353. The molecular formula is C24H20ClN3O. The third kappa shape index (κ3) is 3.80. The number of hydrogen-bond donors (Lipinski definition) is 0. The molecule has 0 bridgehead atoms. The van der Waals surface area contributed by atoms with Crippen molar-refractivity contribution >= 4 is 40.8 Å². The molecule has 29 heavy (non-hydrogen) atoms. The molecule has 0 aliphatic carbocycles. The Morgan fingerprint density at radius 2 is 1.55 bits per heavy atom. The van der Waals surface area contributed by atoms with E-state index >= 15 is 0 Å². The van der Waals surface area contributed by atoms with Gasteiger partial charge in [-0.05, 0) is 48.0 Å². The van der Waals surface area contributed by atoms with E-state index < -0.39 is 0 Å². The van der Waals surface area contributed by atoms with Crippen LogP contribution in [0.3, 0.4) is 0 Å². The second-order valence-electron chi connectivity index (χ2n) is 6.91. The zero-order chi connectivity index (χ0) is 20.4. The van der Waals surface area contributed by atoms with E-state index in [4.69, 9.17) is 11.6 Å². The minimum Gasteiger partial charge on any atom is -0.378 e. The first-order chi connectivity index (χ1) is 14.0. The van der Waals surface area contributed by atoms with Crippen molar-refractivity contribution in [3.8, 4) is 0 Å². The monoisotopic (exact) mass is 401 g/mol. The molecule has 0 aromatic heterocycles. The standard InChI is InChI=1S/C24H20ClN3O/c1-27(2)18-14-12-17(13-15-18)16-22-24(29)28(19-8-4-3-5-9-19)23(26-22)20-10-6-7-11-21(20)25/h3-16H,1-2H3/b22-16+. The van der Waals surface area contributed by atoms with Crippen LogP contribution in [0, 0.1) is 0 Å². The summed E-state index contributed by atoms with van der Waals surface area (Å²) >= 11 is 6.42. The van der Waals surface area contributed by atoms with Crippen molar-refractivity contribution in [2.24, 2.45) is 4.99 Å². The van der Waals surface area contributed by atoms with E-state index in [0.717, 1.165) is 22.5 Å². The van der Waals surface area contributed by atoms with Crippen LogP contribution in [0.5, 0.6) is 0 Å². The van der Waals surface area contributed by atoms with Gasteiger partial charge >= 0.3 is 0 Å². The van der Waals surface area contributed by atoms with Crippen molar-refractivity contribution in [2.45, 2.75) is 0 Å². The van der Waals surface area contributed by atoms with Crippen LogP contribution >= 0.6 is 11.6 Å². The zero-order valence-corrected chi connectivity index (χ0v) is 17.0. The maximum absolute atomic E-state index is 13.3. The average Bonchev–Trinajstić information content (AvgIpc) is 3.05. The minimum atomic E-state index is -0.178. The van der Waals surface area contributed by atoms with Gasteiger partial charge in [0.2, 0.25) is 0 Å². The molecule has 4 nitrogen and oxygen atoms in total. The molecule has 144 valence electrons. The molecule has 0 fully saturated rings. The van der Waals surface area contributed by atoms with Crippen molar-refractivity contribution in [3.05, 3.63) is 101 Å². The van der Waals surface area contributed by atoms with E-state index in [9.17, 15) is 4.79 Å². The summed E-state index contributed by atoms with van der Waals surface area (Å²) < 4.78 is 0. The number of rotatable bonds is 4. The van der Waals surface area contributed by atoms with Gasteiger partial charge < -0.3 is 4.90 Å². The fraction of sp³-hybridized carbons (Fsp3) is 0.0833. The van der Waals surface area contributed by atoms with Gasteiger partial charge in [-0.1, -0.05) is 54.1 Å². The number of nitrogens with zero attached hydrogens (tertiary/aromatic N) is 3. The van der Waals surface area contributed by atoms with Gasteiger partial charge in [0.25, 0.3) is 5.91 Å². The van der Waals surface area contributed by atoms with Crippen molar-refractivity contribution in [1.82, 2.24) is 0 Å². The topological polar surface area (TPSA) is 35.9 Å². The van der Waals surface area contributed by atoms with E-state index in [1.165, 1.54) is 0 Å². The highest BCUT2D eigenvalue weighted by Gasteiger charge is 2.33. The molecule has 0 radical (unpaired) electrons. The molecular weight excluding hydrogens is 382 g/mol. The number of para-hydroxylation sites is 1. The van der Waals surface area contributed by atoms with Crippen LogP contribution < -0.4 is 9.80 Å². The van der Waals surface area contributed by atoms with Gasteiger partial charge in [0.1, 0.15) is 11.5 Å². The first-order valence-electron chi connectivity index (χ1n) is 9.27. The van der Waals surface area contributed by atoms with Crippen molar-refractivity contribution in [2.75, 3.05) is 23.9 Å². The van der Waals surface area contributed by atoms with Crippen LogP contribution in [0.2, 0.25) is 5.02 Å². The van der Waals surface area contributed by atoms with Crippen LogP contribution in [0.15, 0.2) is 89.6 Å². The fourth-order valence-electron chi connectivity index (χ4n) is 3.18. The largest absolute Gasteiger partial charge is 0.378 e. The molecule has 0 unspecified atom stereocenters. The predicted octanol–water partition coefficient (Wildman–Crippen LogP) is 5.24. The van der Waals surface area contributed by atoms with E-state index in [2.05, 4.69) is 4.99 Å². The Labute approximate surface area is 175 Å². The van der Waals surface area contributed by atoms with Crippen molar-refractivity contribution < 1.29 is 4.79 Å². The number of aliphatic imine (C=N–C) groups is 1. The molecule has 1 aliphatic rings. The molecule has 0 N–H and O–H groups in total. The maximum Gasteiger partial charge on any atom is 0.282 e. The number of carbonyl (C=O) groups is 1. The fourth-order valence-corrected chi connectivity index (χ4v) is 3.40. The Kier molecular flexibility index (Phi) is 5.19. The van der Waals surface area contributed by atoms with Gasteiger partial charge in [0, 0.05) is 25.3 Å². The van der Waals surface area contributed by atoms with Crippen LogP contribution in [0.25, 0.3) is 6.08 Å². The third-order valence-corrected chi connectivity index (χ3v) is 5.03. The van der Waals surface area contributed by atoms with Crippen LogP contribution in [-0.2, 0) is 4.79 Å². The van der Waals surface area contributed by atoms with Crippen LogP contribution in [0.4, 0.5) is 11.4 Å². The quantitative estimate of drug-likeness (QED) is 0.560. The first-order valence-corrected chi connectivity index (χ1v) is 9.64. The highest BCUT2D eigenvalue weighted by atomic mass is 35.5. The van der Waals surface area contributed by atoms with Gasteiger partial charge in [-0.15, -0.1) is 0 Å². The first kappa shape index (κ1) is 19.0. The average molecular weight is 402 g/mol. The molecule has 0 saturated carbocycles. The lowest BCUT2D eigenvalue weighted by Gasteiger charge is -2.19. The maximum atomic E-state index is 13.3. The smallest absolute Gasteiger partial charge is 0.282 e. The lowest BCUT2D eigenvalue weighted by Crippen LogP contribution is -2.32. The summed E-state index contributed by atoms with van der Waals surface area (Å²) in [5.41, 5.74) is 3.86. The van der Waals surface area contributed by atoms with Gasteiger partial charge in [-0.2, -0.15) is 0 Å². The van der Waals surface area contributed by atoms with E-state index in [1.54, 1.807) is 11.0 Å². The summed E-state index contributed by atoms with van der Waals surface area (Å²) in [7, 11) is 3.98. The Hall–Kier alpha value is -3.37. The molecule has 5 heteroatoms. The van der Waals surface area contributed by atoms with Crippen LogP contribution in [0.1, 0.15) is 11.1 Å². The predicted molar refractivity (Wildman–Crippen MR) is 121 cm³/mol. The number of halogens is 1. The normalized spacial score (nSPS) is 15.0. The van der Waals surface area contributed by atoms with Gasteiger partial charge in [0.15, 0.2) is 0 Å². The van der Waals surface area contributed by atoms with E-state index in [-0.39, 0.29) is 5.91 Å². The number of amides is 1. The Balaban J connectivity index is 1.79. The number of benzene rings is 3. The molecule has 1 aliphatic heterocycles. The molecule has 0 atom stereocenters. The lowest BCUT2D eigenvalue weighted by atomic mass is 10.1. The third-order valence-electron chi connectivity index (χ3n) is 4.70. The van der Waals surface area contributed by atoms with E-state index in [1.807, 2.05) is 97.9 Å². The zero-order valence-electron chi connectivity index (χ0n) is 16.2. The summed E-state index contributed by atoms with van der Waals surface area (Å²) in [4.78, 5) is 21.6. The summed E-state index contributed by atoms with van der Waals surface area (Å²) in [6, 6.07) is 24.9. The molecule has 3 aromatic carbocycles. The number of anilines is 2. The van der Waals surface area contributed by atoms with Gasteiger partial charge in [-0.25, -0.2) is 4.99 Å². The molecule has 3 aromatic rings. The van der Waals surface area contributed by atoms with Crippen LogP contribution in [-0.4, -0.2) is 25.8 Å². The SMILES string of the molecule is CN(C)c1ccc(/C=C2/N=C(c3ccccc3Cl)N(c3ccccc3)C2=O)cc1. The highest BCUT2D eigenvalue weighted by Crippen LogP contribution is 2.30. The summed E-state index contributed by atoms with van der Waals surface area (Å²) in [6.45, 7) is 0. The van der Waals surface area contributed by atoms with Crippen molar-refractivity contribution in [1.29, 1.82) is 0 Å². The number of amidine groups is 1. The summed E-state index contributed by atoms with van der Waals surface area (Å²) in [5, 5.41) is 0.552.